The fourth-order valence-corrected chi connectivity index (χ4v) is 3.30. The molecule has 2 aromatic rings. The molecule has 0 aliphatic carbocycles. The summed E-state index contributed by atoms with van der Waals surface area (Å²) in [5.41, 5.74) is 1.42. The van der Waals surface area contributed by atoms with E-state index in [0.29, 0.717) is 13.1 Å². The predicted molar refractivity (Wildman–Crippen MR) is 93.2 cm³/mol. The number of fused-ring (bicyclic) bond motifs is 1. The van der Waals surface area contributed by atoms with Gasteiger partial charge in [0.15, 0.2) is 0 Å². The molecule has 1 heterocycles. The molecule has 5 nitrogen and oxygen atoms in total. The second-order valence-electron chi connectivity index (χ2n) is 6.39. The van der Waals surface area contributed by atoms with Gasteiger partial charge in [-0.05, 0) is 23.6 Å². The minimum atomic E-state index is -1.88. The second-order valence-corrected chi connectivity index (χ2v) is 6.39. The van der Waals surface area contributed by atoms with Gasteiger partial charge in [-0.3, -0.25) is 4.79 Å². The van der Waals surface area contributed by atoms with Crippen LogP contribution < -0.4 is 0 Å². The molecule has 2 unspecified atom stereocenters. The molecule has 3 rings (SSSR count). The average molecular weight is 339 g/mol. The van der Waals surface area contributed by atoms with Gasteiger partial charge in [-0.2, -0.15) is 0 Å². The van der Waals surface area contributed by atoms with E-state index in [9.17, 15) is 14.7 Å². The van der Waals surface area contributed by atoms with Crippen LogP contribution in [0.25, 0.3) is 0 Å². The van der Waals surface area contributed by atoms with Crippen molar-refractivity contribution in [2.24, 2.45) is 0 Å². The number of carboxylic acids is 1. The summed E-state index contributed by atoms with van der Waals surface area (Å²) in [5, 5.41) is 9.44. The van der Waals surface area contributed by atoms with Gasteiger partial charge in [0.25, 0.3) is 5.91 Å². The molecule has 1 amide bonds. The predicted octanol–water partition coefficient (Wildman–Crippen LogP) is 2.65. The number of methoxy groups -OCH3 is 1. The fraction of sp³-hybridized carbons (Fsp3) is 0.300. The molecule has 0 saturated heterocycles. The van der Waals surface area contributed by atoms with E-state index in [1.807, 2.05) is 48.5 Å². The molecule has 0 spiro atoms. The van der Waals surface area contributed by atoms with Gasteiger partial charge in [0.2, 0.25) is 5.60 Å². The molecule has 0 fully saturated rings. The Bertz CT molecular complexity index is 789. The maximum atomic E-state index is 12.9. The maximum Gasteiger partial charge on any atom is 0.345 e. The Labute approximate surface area is 146 Å². The summed E-state index contributed by atoms with van der Waals surface area (Å²) in [6.07, 6.45) is 0. The van der Waals surface area contributed by atoms with Crippen molar-refractivity contribution in [3.8, 4) is 0 Å². The Morgan fingerprint density at radius 1 is 1.12 bits per heavy atom. The highest BCUT2D eigenvalue weighted by Gasteiger charge is 2.46. The molecule has 2 aromatic carbocycles. The van der Waals surface area contributed by atoms with Gasteiger partial charge >= 0.3 is 5.97 Å². The number of carboxylic acid groups (broad SMARTS) is 1. The summed E-state index contributed by atoms with van der Waals surface area (Å²) in [6.45, 7) is 2.10. The first-order chi connectivity index (χ1) is 12.0. The molecule has 2 atom stereocenters. The smallest absolute Gasteiger partial charge is 0.345 e. The Kier molecular flexibility index (Phi) is 4.59. The Hall–Kier alpha value is -2.66. The minimum absolute atomic E-state index is 0.00463. The quantitative estimate of drug-likeness (QED) is 0.870. The number of ether oxygens (including phenoxy) is 1. The van der Waals surface area contributed by atoms with Gasteiger partial charge < -0.3 is 14.7 Å². The summed E-state index contributed by atoms with van der Waals surface area (Å²) in [4.78, 5) is 26.0. The van der Waals surface area contributed by atoms with Crippen LogP contribution in [0.4, 0.5) is 0 Å². The van der Waals surface area contributed by atoms with Crippen LogP contribution in [0.3, 0.4) is 0 Å². The van der Waals surface area contributed by atoms with Crippen molar-refractivity contribution >= 4 is 11.9 Å². The number of carbonyl (C=O) groups is 2. The standard InChI is InChI=1S/C20H21NO4/c1-20(25-2,19(23)24)18(22)21-12-15-10-6-7-11-16(15)17(13-21)14-8-4-3-5-9-14/h3-11,17H,12-13H2,1-2H3,(H,23,24). The van der Waals surface area contributed by atoms with Gasteiger partial charge in [0.1, 0.15) is 0 Å². The highest BCUT2D eigenvalue weighted by atomic mass is 16.5. The topological polar surface area (TPSA) is 66.8 Å². The van der Waals surface area contributed by atoms with Crippen LogP contribution in [0.5, 0.6) is 0 Å². The van der Waals surface area contributed by atoms with Crippen molar-refractivity contribution < 1.29 is 19.4 Å². The Morgan fingerprint density at radius 2 is 1.76 bits per heavy atom. The van der Waals surface area contributed by atoms with Crippen LogP contribution in [0.1, 0.15) is 29.5 Å². The van der Waals surface area contributed by atoms with Crippen LogP contribution in [0.15, 0.2) is 54.6 Å². The lowest BCUT2D eigenvalue weighted by Gasteiger charge is -2.38. The highest BCUT2D eigenvalue weighted by Crippen LogP contribution is 2.34. The summed E-state index contributed by atoms with van der Waals surface area (Å²) in [6, 6.07) is 17.9. The van der Waals surface area contributed by atoms with Gasteiger partial charge in [0.05, 0.1) is 0 Å². The summed E-state index contributed by atoms with van der Waals surface area (Å²) in [7, 11) is 1.25. The fourth-order valence-electron chi connectivity index (χ4n) is 3.30. The molecule has 1 N–H and O–H groups in total. The molecule has 0 bridgehead atoms. The summed E-state index contributed by atoms with van der Waals surface area (Å²) >= 11 is 0. The van der Waals surface area contributed by atoms with E-state index >= 15 is 0 Å². The van der Waals surface area contributed by atoms with E-state index in [0.717, 1.165) is 11.1 Å². The highest BCUT2D eigenvalue weighted by molar-refractivity contribution is 6.05. The third-order valence-electron chi connectivity index (χ3n) is 4.91. The first kappa shape index (κ1) is 17.2. The number of amides is 1. The van der Waals surface area contributed by atoms with Crippen LogP contribution in [-0.4, -0.2) is 41.1 Å². The van der Waals surface area contributed by atoms with Crippen molar-refractivity contribution in [3.05, 3.63) is 71.3 Å². The maximum absolute atomic E-state index is 12.9. The van der Waals surface area contributed by atoms with Gasteiger partial charge in [-0.25, -0.2) is 4.79 Å². The van der Waals surface area contributed by atoms with Gasteiger partial charge in [0, 0.05) is 26.1 Å². The van der Waals surface area contributed by atoms with E-state index in [1.54, 1.807) is 4.90 Å². The largest absolute Gasteiger partial charge is 0.479 e. The third-order valence-corrected chi connectivity index (χ3v) is 4.91. The molecule has 1 aliphatic rings. The normalized spacial score (nSPS) is 19.0. The molecular formula is C20H21NO4. The van der Waals surface area contributed by atoms with Crippen molar-refractivity contribution in [2.45, 2.75) is 25.0 Å². The van der Waals surface area contributed by atoms with E-state index in [2.05, 4.69) is 6.07 Å². The molecule has 130 valence electrons. The zero-order valence-corrected chi connectivity index (χ0v) is 14.3. The number of hydrogen-bond donors (Lipinski definition) is 1. The minimum Gasteiger partial charge on any atom is -0.479 e. The van der Waals surface area contributed by atoms with Crippen LogP contribution in [-0.2, 0) is 20.9 Å². The molecule has 0 saturated carbocycles. The first-order valence-electron chi connectivity index (χ1n) is 8.18. The number of benzene rings is 2. The molecule has 25 heavy (non-hydrogen) atoms. The van der Waals surface area contributed by atoms with E-state index < -0.39 is 17.5 Å². The van der Waals surface area contributed by atoms with E-state index in [-0.39, 0.29) is 5.92 Å². The number of nitrogens with zero attached hydrogens (tertiary/aromatic N) is 1. The molecule has 0 aromatic heterocycles. The molecule has 5 heteroatoms. The Balaban J connectivity index is 2.00. The van der Waals surface area contributed by atoms with Crippen molar-refractivity contribution in [2.75, 3.05) is 13.7 Å². The lowest BCUT2D eigenvalue weighted by atomic mass is 9.84. The summed E-state index contributed by atoms with van der Waals surface area (Å²) < 4.78 is 5.05. The number of carbonyl (C=O) groups excluding carboxylic acids is 1. The van der Waals surface area contributed by atoms with Crippen molar-refractivity contribution in [1.82, 2.24) is 4.90 Å². The van der Waals surface area contributed by atoms with Gasteiger partial charge in [-0.15, -0.1) is 0 Å². The molecule has 0 radical (unpaired) electrons. The first-order valence-corrected chi connectivity index (χ1v) is 8.18. The molecular weight excluding hydrogens is 318 g/mol. The number of aliphatic carboxylic acids is 1. The lowest BCUT2D eigenvalue weighted by molar-refractivity contribution is -0.173. The zero-order chi connectivity index (χ0) is 18.0. The number of hydrogen-bond acceptors (Lipinski definition) is 3. The summed E-state index contributed by atoms with van der Waals surface area (Å²) in [5.74, 6) is -1.81. The van der Waals surface area contributed by atoms with Gasteiger partial charge in [-0.1, -0.05) is 54.6 Å². The number of rotatable bonds is 4. The van der Waals surface area contributed by atoms with Crippen molar-refractivity contribution in [1.29, 1.82) is 0 Å². The molecule has 1 aliphatic heterocycles. The van der Waals surface area contributed by atoms with E-state index in [1.165, 1.54) is 19.6 Å². The van der Waals surface area contributed by atoms with Crippen LogP contribution in [0.2, 0.25) is 0 Å². The van der Waals surface area contributed by atoms with Crippen LogP contribution in [0, 0.1) is 0 Å². The van der Waals surface area contributed by atoms with Crippen LogP contribution >= 0.6 is 0 Å². The average Bonchev–Trinajstić information content (AvgIpc) is 2.66. The van der Waals surface area contributed by atoms with E-state index in [4.69, 9.17) is 4.74 Å². The van der Waals surface area contributed by atoms with Crippen molar-refractivity contribution in [3.63, 3.8) is 0 Å². The second kappa shape index (κ2) is 6.69. The zero-order valence-electron chi connectivity index (χ0n) is 14.3. The lowest BCUT2D eigenvalue weighted by Crippen LogP contribution is -2.55. The Morgan fingerprint density at radius 3 is 2.40 bits per heavy atom. The monoisotopic (exact) mass is 339 g/mol. The third kappa shape index (κ3) is 3.03. The SMILES string of the molecule is COC(C)(C(=O)O)C(=O)N1Cc2ccccc2C(c2ccccc2)C1.